The highest BCUT2D eigenvalue weighted by atomic mass is 32.2. The van der Waals surface area contributed by atoms with Crippen LogP contribution in [0.4, 0.5) is 18.0 Å². The minimum absolute atomic E-state index is 0.00854. The van der Waals surface area contributed by atoms with Gasteiger partial charge in [-0.2, -0.15) is 13.2 Å². The van der Waals surface area contributed by atoms with Crippen molar-refractivity contribution in [2.24, 2.45) is 4.99 Å². The highest BCUT2D eigenvalue weighted by Crippen LogP contribution is 2.43. The number of aliphatic imine (C=N–C) groups is 1. The Bertz CT molecular complexity index is 1460. The number of halogens is 3. The molecule has 0 spiro atoms. The second-order valence-corrected chi connectivity index (χ2v) is 13.0. The molecule has 0 bridgehead atoms. The van der Waals surface area contributed by atoms with Crippen LogP contribution in [0, 0.1) is 0 Å². The van der Waals surface area contributed by atoms with E-state index in [9.17, 15) is 18.0 Å². The van der Waals surface area contributed by atoms with Gasteiger partial charge in [-0.1, -0.05) is 90.6 Å². The first-order valence-corrected chi connectivity index (χ1v) is 15.7. The number of hydrogen-bond acceptors (Lipinski definition) is 8. The molecular formula is C34H37F3N2O6S. The molecule has 0 radical (unpaired) electrons. The maximum absolute atomic E-state index is 14.9. The van der Waals surface area contributed by atoms with Gasteiger partial charge in [-0.05, 0) is 44.0 Å². The van der Waals surface area contributed by atoms with Gasteiger partial charge in [0.1, 0.15) is 41.1 Å². The summed E-state index contributed by atoms with van der Waals surface area (Å²) in [6.45, 7) is 5.29. The summed E-state index contributed by atoms with van der Waals surface area (Å²) in [6, 6.07) is 25.4. The quantitative estimate of drug-likeness (QED) is 0.240. The van der Waals surface area contributed by atoms with Crippen LogP contribution < -0.4 is 4.74 Å². The van der Waals surface area contributed by atoms with E-state index in [1.54, 1.807) is 39.0 Å². The molecular weight excluding hydrogens is 621 g/mol. The fourth-order valence-corrected chi connectivity index (χ4v) is 6.20. The highest BCUT2D eigenvalue weighted by Gasteiger charge is 2.59. The zero-order chi connectivity index (χ0) is 32.9. The zero-order valence-electron chi connectivity index (χ0n) is 25.9. The molecule has 2 heterocycles. The number of alkyl halides is 3. The molecule has 8 nitrogen and oxygen atoms in total. The lowest BCUT2D eigenvalue weighted by Gasteiger charge is -2.45. The standard InChI is InChI=1S/C34H37F3N2O6S/c1-33(2,3)45-32(40)39(4)31-38-25-26(41-20-22-14-8-5-9-15-22)27(42-21-23-16-10-6-11-17-23)28(44-30(25)46-31)29(34(35,36)37)43-24-18-12-7-13-19-24/h5-19,25-30H,20-21H2,1-4H3. The second kappa shape index (κ2) is 14.5. The van der Waals surface area contributed by atoms with Crippen molar-refractivity contribution in [1.82, 2.24) is 4.90 Å². The van der Waals surface area contributed by atoms with E-state index in [1.807, 2.05) is 60.7 Å². The monoisotopic (exact) mass is 658 g/mol. The van der Waals surface area contributed by atoms with Crippen molar-refractivity contribution in [3.05, 3.63) is 102 Å². The van der Waals surface area contributed by atoms with Crippen LogP contribution in [0.5, 0.6) is 5.75 Å². The van der Waals surface area contributed by atoms with Crippen LogP contribution in [0.1, 0.15) is 31.9 Å². The maximum atomic E-state index is 14.9. The average molecular weight is 659 g/mol. The smallest absolute Gasteiger partial charge is 0.428 e. The summed E-state index contributed by atoms with van der Waals surface area (Å²) in [5, 5.41) is 0.229. The number of amides is 1. The molecule has 2 aliphatic heterocycles. The Hall–Kier alpha value is -3.58. The molecule has 1 saturated heterocycles. The number of carbonyl (C=O) groups is 1. The first-order valence-electron chi connectivity index (χ1n) is 14.8. The number of fused-ring (bicyclic) bond motifs is 1. The van der Waals surface area contributed by atoms with Gasteiger partial charge in [-0.3, -0.25) is 9.89 Å². The molecule has 1 fully saturated rings. The van der Waals surface area contributed by atoms with E-state index in [1.165, 1.54) is 24.1 Å². The van der Waals surface area contributed by atoms with E-state index in [-0.39, 0.29) is 24.1 Å². The lowest BCUT2D eigenvalue weighted by Crippen LogP contribution is -2.63. The maximum Gasteiger partial charge on any atom is 0.428 e. The number of carbonyl (C=O) groups excluding carboxylic acids is 1. The van der Waals surface area contributed by atoms with Gasteiger partial charge >= 0.3 is 12.3 Å². The molecule has 12 heteroatoms. The van der Waals surface area contributed by atoms with Gasteiger partial charge in [0, 0.05) is 7.05 Å². The highest BCUT2D eigenvalue weighted by molar-refractivity contribution is 8.14. The summed E-state index contributed by atoms with van der Waals surface area (Å²) in [5.74, 6) is 0.0276. The number of thioether (sulfide) groups is 1. The van der Waals surface area contributed by atoms with E-state index in [0.717, 1.165) is 22.9 Å². The normalized spacial score (nSPS) is 23.6. The average Bonchev–Trinajstić information content (AvgIpc) is 3.45. The van der Waals surface area contributed by atoms with Crippen LogP contribution in [0.15, 0.2) is 96.0 Å². The molecule has 46 heavy (non-hydrogen) atoms. The molecule has 0 N–H and O–H groups in total. The van der Waals surface area contributed by atoms with Crippen molar-refractivity contribution >= 4 is 23.0 Å². The van der Waals surface area contributed by atoms with Gasteiger partial charge < -0.3 is 23.7 Å². The Morgan fingerprint density at radius 1 is 0.870 bits per heavy atom. The summed E-state index contributed by atoms with van der Waals surface area (Å²) in [5.41, 5.74) is -0.132. The van der Waals surface area contributed by atoms with Crippen molar-refractivity contribution in [2.45, 2.75) is 81.7 Å². The number of amidine groups is 1. The van der Waals surface area contributed by atoms with E-state index >= 15 is 0 Å². The first-order chi connectivity index (χ1) is 21.9. The van der Waals surface area contributed by atoms with Crippen LogP contribution in [-0.4, -0.2) is 70.9 Å². The van der Waals surface area contributed by atoms with Crippen LogP contribution in [0.25, 0.3) is 0 Å². The summed E-state index contributed by atoms with van der Waals surface area (Å²) < 4.78 is 74.8. The third-order valence-corrected chi connectivity index (χ3v) is 8.40. The van der Waals surface area contributed by atoms with E-state index in [4.69, 9.17) is 28.7 Å². The molecule has 6 unspecified atom stereocenters. The van der Waals surface area contributed by atoms with Gasteiger partial charge in [-0.25, -0.2) is 4.79 Å². The summed E-state index contributed by atoms with van der Waals surface area (Å²) in [4.78, 5) is 18.9. The number of para-hydroxylation sites is 1. The van der Waals surface area contributed by atoms with E-state index in [0.29, 0.717) is 0 Å². The SMILES string of the molecule is CN(C(=O)OC(C)(C)C)C1=NC2C(OC(C(Oc3ccccc3)C(F)(F)F)C(OCc3ccccc3)C2OCc2ccccc2)S1. The second-order valence-electron chi connectivity index (χ2n) is 11.9. The Morgan fingerprint density at radius 2 is 1.39 bits per heavy atom. The lowest BCUT2D eigenvalue weighted by molar-refractivity contribution is -0.276. The van der Waals surface area contributed by atoms with E-state index < -0.39 is 53.8 Å². The largest absolute Gasteiger partial charge is 0.478 e. The molecule has 6 atom stereocenters. The first kappa shape index (κ1) is 33.8. The molecule has 3 aromatic rings. The number of ether oxygens (including phenoxy) is 5. The lowest BCUT2D eigenvalue weighted by atomic mass is 9.93. The van der Waals surface area contributed by atoms with Gasteiger partial charge in [0.15, 0.2) is 5.17 Å². The third-order valence-electron chi connectivity index (χ3n) is 7.19. The fraction of sp³-hybridized carbons (Fsp3) is 0.412. The van der Waals surface area contributed by atoms with Crippen molar-refractivity contribution in [3.63, 3.8) is 0 Å². The molecule has 246 valence electrons. The van der Waals surface area contributed by atoms with Crippen molar-refractivity contribution < 1.29 is 41.7 Å². The Morgan fingerprint density at radius 3 is 1.91 bits per heavy atom. The van der Waals surface area contributed by atoms with Gasteiger partial charge in [0.2, 0.25) is 6.10 Å². The Labute approximate surface area is 270 Å². The van der Waals surface area contributed by atoms with Crippen LogP contribution in [0.3, 0.4) is 0 Å². The summed E-state index contributed by atoms with van der Waals surface area (Å²) >= 11 is 1.03. The zero-order valence-corrected chi connectivity index (χ0v) is 26.7. The van der Waals surface area contributed by atoms with Crippen molar-refractivity contribution in [1.29, 1.82) is 0 Å². The predicted octanol–water partition coefficient (Wildman–Crippen LogP) is 7.23. The van der Waals surface area contributed by atoms with Crippen molar-refractivity contribution in [3.8, 4) is 5.75 Å². The van der Waals surface area contributed by atoms with Gasteiger partial charge in [0.25, 0.3) is 0 Å². The molecule has 0 aromatic heterocycles. The van der Waals surface area contributed by atoms with Gasteiger partial charge in [0.05, 0.1) is 13.2 Å². The molecule has 0 aliphatic carbocycles. The molecule has 5 rings (SSSR count). The number of benzene rings is 3. The fourth-order valence-electron chi connectivity index (χ4n) is 5.04. The number of nitrogens with zero attached hydrogens (tertiary/aromatic N) is 2. The number of hydrogen-bond donors (Lipinski definition) is 0. The molecule has 0 saturated carbocycles. The predicted molar refractivity (Wildman–Crippen MR) is 168 cm³/mol. The number of rotatable bonds is 9. The third kappa shape index (κ3) is 8.61. The topological polar surface area (TPSA) is 78.8 Å². The molecule has 3 aromatic carbocycles. The summed E-state index contributed by atoms with van der Waals surface area (Å²) in [7, 11) is 1.50. The minimum Gasteiger partial charge on any atom is -0.478 e. The van der Waals surface area contributed by atoms with Crippen molar-refractivity contribution in [2.75, 3.05) is 7.05 Å². The van der Waals surface area contributed by atoms with Crippen LogP contribution in [-0.2, 0) is 32.2 Å². The summed E-state index contributed by atoms with van der Waals surface area (Å²) in [6.07, 6.45) is -11.8. The van der Waals surface area contributed by atoms with E-state index in [2.05, 4.69) is 0 Å². The van der Waals surface area contributed by atoms with Gasteiger partial charge in [-0.15, -0.1) is 0 Å². The molecule has 2 aliphatic rings. The Balaban J connectivity index is 1.52. The minimum atomic E-state index is -4.84. The molecule has 1 amide bonds. The Kier molecular flexibility index (Phi) is 10.6. The van der Waals surface area contributed by atoms with Crippen LogP contribution >= 0.6 is 11.8 Å². The van der Waals surface area contributed by atoms with Crippen LogP contribution in [0.2, 0.25) is 0 Å².